The number of aromatic nitrogens is 2. The second-order valence-corrected chi connectivity index (χ2v) is 6.14. The van der Waals surface area contributed by atoms with E-state index in [1.165, 1.54) is 11.1 Å². The predicted molar refractivity (Wildman–Crippen MR) is 96.9 cm³/mol. The lowest BCUT2D eigenvalue weighted by Gasteiger charge is -2.08. The first-order valence-corrected chi connectivity index (χ1v) is 7.96. The molecule has 3 rings (SSSR count). The summed E-state index contributed by atoms with van der Waals surface area (Å²) in [6.07, 6.45) is 1.62. The Kier molecular flexibility index (Phi) is 4.21. The average Bonchev–Trinajstić information content (AvgIpc) is 2.93. The minimum atomic E-state index is -0.144. The van der Waals surface area contributed by atoms with Crippen LogP contribution in [0.4, 0.5) is 5.69 Å². The molecule has 4 nitrogen and oxygen atoms in total. The average molecular weight is 319 g/mol. The van der Waals surface area contributed by atoms with Gasteiger partial charge >= 0.3 is 0 Å². The maximum atomic E-state index is 12.6. The van der Waals surface area contributed by atoms with Gasteiger partial charge in [0.15, 0.2) is 0 Å². The molecular weight excluding hydrogens is 298 g/mol. The van der Waals surface area contributed by atoms with E-state index < -0.39 is 0 Å². The minimum absolute atomic E-state index is 0.144. The number of rotatable bonds is 3. The van der Waals surface area contributed by atoms with Crippen molar-refractivity contribution in [2.24, 2.45) is 0 Å². The summed E-state index contributed by atoms with van der Waals surface area (Å²) >= 11 is 0. The van der Waals surface area contributed by atoms with Crippen LogP contribution in [0.2, 0.25) is 0 Å². The largest absolute Gasteiger partial charge is 0.322 e. The molecule has 1 amide bonds. The smallest absolute Gasteiger partial charge is 0.259 e. The standard InChI is InChI=1S/C20H21N3O/c1-13-5-9-18(10-6-13)23-16(4)19(12-21-23)20(24)22-17-8-7-14(2)15(3)11-17/h5-12H,1-4H3,(H,22,24). The fourth-order valence-corrected chi connectivity index (χ4v) is 2.60. The molecule has 0 spiro atoms. The molecule has 1 heterocycles. The van der Waals surface area contributed by atoms with E-state index in [0.717, 1.165) is 22.6 Å². The van der Waals surface area contributed by atoms with Crippen molar-refractivity contribution in [1.29, 1.82) is 0 Å². The van der Waals surface area contributed by atoms with Crippen LogP contribution in [-0.2, 0) is 0 Å². The van der Waals surface area contributed by atoms with Crippen molar-refractivity contribution in [3.05, 3.63) is 76.6 Å². The lowest BCUT2D eigenvalue weighted by Crippen LogP contribution is -2.13. The molecule has 1 aromatic heterocycles. The van der Waals surface area contributed by atoms with Crippen molar-refractivity contribution in [1.82, 2.24) is 9.78 Å². The highest BCUT2D eigenvalue weighted by atomic mass is 16.1. The summed E-state index contributed by atoms with van der Waals surface area (Å²) in [6, 6.07) is 14.0. The lowest BCUT2D eigenvalue weighted by molar-refractivity contribution is 0.102. The molecule has 1 N–H and O–H groups in total. The molecule has 0 saturated carbocycles. The predicted octanol–water partition coefficient (Wildman–Crippen LogP) is 4.36. The van der Waals surface area contributed by atoms with E-state index in [1.54, 1.807) is 10.9 Å². The summed E-state index contributed by atoms with van der Waals surface area (Å²) in [6.45, 7) is 8.03. The van der Waals surface area contributed by atoms with Gasteiger partial charge in [0.2, 0.25) is 0 Å². The third-order valence-electron chi connectivity index (χ3n) is 4.30. The van der Waals surface area contributed by atoms with Crippen molar-refractivity contribution in [3.63, 3.8) is 0 Å². The zero-order valence-electron chi connectivity index (χ0n) is 14.4. The van der Waals surface area contributed by atoms with Crippen LogP contribution in [-0.4, -0.2) is 15.7 Å². The van der Waals surface area contributed by atoms with Gasteiger partial charge in [-0.15, -0.1) is 0 Å². The topological polar surface area (TPSA) is 46.9 Å². The summed E-state index contributed by atoms with van der Waals surface area (Å²) in [5.74, 6) is -0.144. The summed E-state index contributed by atoms with van der Waals surface area (Å²) < 4.78 is 1.79. The normalized spacial score (nSPS) is 10.7. The molecule has 0 radical (unpaired) electrons. The maximum Gasteiger partial charge on any atom is 0.259 e. The molecular formula is C20H21N3O. The van der Waals surface area contributed by atoms with Crippen LogP contribution in [0.25, 0.3) is 5.69 Å². The van der Waals surface area contributed by atoms with Crippen LogP contribution < -0.4 is 5.32 Å². The maximum absolute atomic E-state index is 12.6. The molecule has 0 fully saturated rings. The van der Waals surface area contributed by atoms with Crippen molar-refractivity contribution in [2.75, 3.05) is 5.32 Å². The number of anilines is 1. The molecule has 0 aliphatic carbocycles. The van der Waals surface area contributed by atoms with Crippen LogP contribution in [0.3, 0.4) is 0 Å². The second-order valence-electron chi connectivity index (χ2n) is 6.14. The fraction of sp³-hybridized carbons (Fsp3) is 0.200. The first kappa shape index (κ1) is 16.0. The van der Waals surface area contributed by atoms with Crippen LogP contribution in [0, 0.1) is 27.7 Å². The minimum Gasteiger partial charge on any atom is -0.322 e. The summed E-state index contributed by atoms with van der Waals surface area (Å²) in [7, 11) is 0. The highest BCUT2D eigenvalue weighted by molar-refractivity contribution is 6.05. The number of hydrogen-bond acceptors (Lipinski definition) is 2. The number of aryl methyl sites for hydroxylation is 3. The summed E-state index contributed by atoms with van der Waals surface area (Å²) in [5, 5.41) is 7.31. The van der Waals surface area contributed by atoms with E-state index in [0.29, 0.717) is 5.56 Å². The summed E-state index contributed by atoms with van der Waals surface area (Å²) in [4.78, 5) is 12.6. The van der Waals surface area contributed by atoms with E-state index in [4.69, 9.17) is 0 Å². The van der Waals surface area contributed by atoms with Gasteiger partial charge in [-0.3, -0.25) is 4.79 Å². The van der Waals surface area contributed by atoms with Gasteiger partial charge in [-0.2, -0.15) is 5.10 Å². The Morgan fingerprint density at radius 1 is 0.958 bits per heavy atom. The van der Waals surface area contributed by atoms with Gasteiger partial charge < -0.3 is 5.32 Å². The third kappa shape index (κ3) is 3.08. The first-order chi connectivity index (χ1) is 11.5. The van der Waals surface area contributed by atoms with E-state index in [-0.39, 0.29) is 5.91 Å². The Morgan fingerprint density at radius 3 is 2.33 bits per heavy atom. The Balaban J connectivity index is 1.85. The number of carbonyl (C=O) groups excluding carboxylic acids is 1. The van der Waals surface area contributed by atoms with E-state index >= 15 is 0 Å². The van der Waals surface area contributed by atoms with Crippen molar-refractivity contribution in [3.8, 4) is 5.69 Å². The number of nitrogens with zero attached hydrogens (tertiary/aromatic N) is 2. The second kappa shape index (κ2) is 6.32. The number of benzene rings is 2. The Hall–Kier alpha value is -2.88. The van der Waals surface area contributed by atoms with Gasteiger partial charge in [0.05, 0.1) is 23.1 Å². The van der Waals surface area contributed by atoms with E-state index in [9.17, 15) is 4.79 Å². The number of hydrogen-bond donors (Lipinski definition) is 1. The number of nitrogens with one attached hydrogen (secondary N) is 1. The zero-order valence-corrected chi connectivity index (χ0v) is 14.4. The van der Waals surface area contributed by atoms with E-state index in [1.807, 2.05) is 63.2 Å². The fourth-order valence-electron chi connectivity index (χ4n) is 2.60. The molecule has 0 bridgehead atoms. The zero-order chi connectivity index (χ0) is 17.3. The number of amides is 1. The van der Waals surface area contributed by atoms with Crippen LogP contribution in [0.5, 0.6) is 0 Å². The molecule has 24 heavy (non-hydrogen) atoms. The molecule has 0 aliphatic heterocycles. The van der Waals surface area contributed by atoms with Crippen LogP contribution >= 0.6 is 0 Å². The van der Waals surface area contributed by atoms with Gasteiger partial charge in [-0.25, -0.2) is 4.68 Å². The van der Waals surface area contributed by atoms with E-state index in [2.05, 4.69) is 17.3 Å². The Bertz CT molecular complexity index is 892. The van der Waals surface area contributed by atoms with Crippen LogP contribution in [0.1, 0.15) is 32.7 Å². The number of carbonyl (C=O) groups is 1. The monoisotopic (exact) mass is 319 g/mol. The quantitative estimate of drug-likeness (QED) is 0.780. The molecule has 4 heteroatoms. The molecule has 122 valence electrons. The summed E-state index contributed by atoms with van der Waals surface area (Å²) in [5.41, 5.74) is 6.69. The third-order valence-corrected chi connectivity index (χ3v) is 4.30. The van der Waals surface area contributed by atoms with Gasteiger partial charge in [-0.05, 0) is 63.1 Å². The van der Waals surface area contributed by atoms with Gasteiger partial charge in [0.25, 0.3) is 5.91 Å². The Labute approximate surface area is 142 Å². The lowest BCUT2D eigenvalue weighted by atomic mass is 10.1. The van der Waals surface area contributed by atoms with Crippen molar-refractivity contribution in [2.45, 2.75) is 27.7 Å². The molecule has 2 aromatic carbocycles. The molecule has 0 aliphatic rings. The molecule has 0 saturated heterocycles. The van der Waals surface area contributed by atoms with Crippen molar-refractivity contribution >= 4 is 11.6 Å². The highest BCUT2D eigenvalue weighted by Gasteiger charge is 2.15. The van der Waals surface area contributed by atoms with Gasteiger partial charge in [-0.1, -0.05) is 23.8 Å². The molecule has 0 atom stereocenters. The van der Waals surface area contributed by atoms with Gasteiger partial charge in [0.1, 0.15) is 0 Å². The van der Waals surface area contributed by atoms with Gasteiger partial charge in [0, 0.05) is 5.69 Å². The van der Waals surface area contributed by atoms with Crippen molar-refractivity contribution < 1.29 is 4.79 Å². The highest BCUT2D eigenvalue weighted by Crippen LogP contribution is 2.18. The Morgan fingerprint density at radius 2 is 1.67 bits per heavy atom. The van der Waals surface area contributed by atoms with Crippen LogP contribution in [0.15, 0.2) is 48.7 Å². The SMILES string of the molecule is Cc1ccc(-n2ncc(C(=O)Nc3ccc(C)c(C)c3)c2C)cc1. The molecule has 0 unspecified atom stereocenters. The molecule has 3 aromatic rings. The first-order valence-electron chi connectivity index (χ1n) is 7.96.